The SMILES string of the molecule is CCCCCC[C@H](C(=O)OC(C)(C)C)C(=O)N1C(=O)OC[C@@H]1C(C)C. The Hall–Kier alpha value is -1.59. The van der Waals surface area contributed by atoms with Crippen molar-refractivity contribution in [2.45, 2.75) is 85.3 Å². The molecule has 1 fully saturated rings. The van der Waals surface area contributed by atoms with E-state index in [0.29, 0.717) is 6.42 Å². The number of carbonyl (C=O) groups is 3. The van der Waals surface area contributed by atoms with Crippen molar-refractivity contribution < 1.29 is 23.9 Å². The molecular weight excluding hydrogens is 322 g/mol. The van der Waals surface area contributed by atoms with E-state index in [0.717, 1.165) is 30.6 Å². The van der Waals surface area contributed by atoms with E-state index in [9.17, 15) is 14.4 Å². The minimum absolute atomic E-state index is 0.0646. The second-order valence-electron chi connectivity index (χ2n) is 8.03. The van der Waals surface area contributed by atoms with E-state index in [-0.39, 0.29) is 18.6 Å². The molecule has 0 saturated carbocycles. The smallest absolute Gasteiger partial charge is 0.417 e. The third-order valence-corrected chi connectivity index (χ3v) is 4.25. The van der Waals surface area contributed by atoms with Gasteiger partial charge < -0.3 is 9.47 Å². The molecule has 144 valence electrons. The molecule has 1 aliphatic heterocycles. The van der Waals surface area contributed by atoms with E-state index < -0.39 is 29.5 Å². The van der Waals surface area contributed by atoms with Gasteiger partial charge >= 0.3 is 12.1 Å². The molecule has 25 heavy (non-hydrogen) atoms. The molecule has 2 amide bonds. The summed E-state index contributed by atoms with van der Waals surface area (Å²) >= 11 is 0. The zero-order chi connectivity index (χ0) is 19.2. The van der Waals surface area contributed by atoms with Crippen LogP contribution in [0.15, 0.2) is 0 Å². The maximum absolute atomic E-state index is 13.0. The highest BCUT2D eigenvalue weighted by Gasteiger charge is 2.44. The zero-order valence-corrected chi connectivity index (χ0v) is 16.5. The number of nitrogens with zero attached hydrogens (tertiary/aromatic N) is 1. The number of hydrogen-bond donors (Lipinski definition) is 0. The van der Waals surface area contributed by atoms with Crippen LogP contribution in [0.4, 0.5) is 4.79 Å². The molecule has 0 bridgehead atoms. The average molecular weight is 355 g/mol. The lowest BCUT2D eigenvalue weighted by Gasteiger charge is -2.28. The van der Waals surface area contributed by atoms with Crippen molar-refractivity contribution in [3.63, 3.8) is 0 Å². The van der Waals surface area contributed by atoms with Gasteiger partial charge in [-0.1, -0.05) is 46.5 Å². The fraction of sp³-hybridized carbons (Fsp3) is 0.842. The molecule has 0 radical (unpaired) electrons. The van der Waals surface area contributed by atoms with Gasteiger partial charge in [0.1, 0.15) is 18.1 Å². The lowest BCUT2D eigenvalue weighted by atomic mass is 9.96. The Morgan fingerprint density at radius 3 is 2.40 bits per heavy atom. The van der Waals surface area contributed by atoms with Crippen LogP contribution in [0.2, 0.25) is 0 Å². The van der Waals surface area contributed by atoms with Crippen molar-refractivity contribution in [3.8, 4) is 0 Å². The highest BCUT2D eigenvalue weighted by Crippen LogP contribution is 2.26. The number of unbranched alkanes of at least 4 members (excludes halogenated alkanes) is 3. The molecule has 0 spiro atoms. The minimum atomic E-state index is -0.956. The first-order valence-corrected chi connectivity index (χ1v) is 9.31. The molecule has 2 atom stereocenters. The van der Waals surface area contributed by atoms with Crippen LogP contribution in [0.1, 0.15) is 73.6 Å². The summed E-state index contributed by atoms with van der Waals surface area (Å²) in [4.78, 5) is 38.7. The van der Waals surface area contributed by atoms with Crippen molar-refractivity contribution in [3.05, 3.63) is 0 Å². The quantitative estimate of drug-likeness (QED) is 0.375. The van der Waals surface area contributed by atoms with Gasteiger partial charge in [0.15, 0.2) is 0 Å². The molecule has 6 heteroatoms. The number of hydrogen-bond acceptors (Lipinski definition) is 5. The zero-order valence-electron chi connectivity index (χ0n) is 16.5. The van der Waals surface area contributed by atoms with Gasteiger partial charge in [-0.05, 0) is 33.1 Å². The predicted molar refractivity (Wildman–Crippen MR) is 94.9 cm³/mol. The van der Waals surface area contributed by atoms with Gasteiger partial charge in [0, 0.05) is 0 Å². The van der Waals surface area contributed by atoms with Crippen LogP contribution in [-0.4, -0.2) is 41.1 Å². The minimum Gasteiger partial charge on any atom is -0.459 e. The van der Waals surface area contributed by atoms with Crippen LogP contribution < -0.4 is 0 Å². The Kier molecular flexibility index (Phi) is 7.90. The molecule has 0 aromatic carbocycles. The predicted octanol–water partition coefficient (Wildman–Crippen LogP) is 3.92. The second-order valence-corrected chi connectivity index (χ2v) is 8.03. The van der Waals surface area contributed by atoms with Gasteiger partial charge in [0.25, 0.3) is 0 Å². The highest BCUT2D eigenvalue weighted by atomic mass is 16.6. The van der Waals surface area contributed by atoms with E-state index in [4.69, 9.17) is 9.47 Å². The number of rotatable bonds is 8. The molecule has 1 heterocycles. The summed E-state index contributed by atoms with van der Waals surface area (Å²) in [5, 5.41) is 0. The van der Waals surface area contributed by atoms with Gasteiger partial charge in [0.05, 0.1) is 6.04 Å². The molecular formula is C19H33NO5. The van der Waals surface area contributed by atoms with E-state index in [1.807, 2.05) is 13.8 Å². The monoisotopic (exact) mass is 355 g/mol. The standard InChI is InChI=1S/C19H33NO5/c1-7-8-9-10-11-14(17(22)25-19(4,5)6)16(21)20-15(13(2)3)12-24-18(20)23/h13-15H,7-12H2,1-6H3/t14-,15+/m0/s1. The fourth-order valence-corrected chi connectivity index (χ4v) is 2.84. The van der Waals surface area contributed by atoms with Crippen molar-refractivity contribution >= 4 is 18.0 Å². The average Bonchev–Trinajstić information content (AvgIpc) is 2.86. The van der Waals surface area contributed by atoms with Crippen molar-refractivity contribution in [2.75, 3.05) is 6.61 Å². The van der Waals surface area contributed by atoms with Crippen molar-refractivity contribution in [1.29, 1.82) is 0 Å². The molecule has 0 aromatic heterocycles. The van der Waals surface area contributed by atoms with Gasteiger partial charge in [-0.3, -0.25) is 9.59 Å². The molecule has 1 aliphatic rings. The molecule has 0 N–H and O–H groups in total. The molecule has 6 nitrogen and oxygen atoms in total. The Bertz CT molecular complexity index is 481. The van der Waals surface area contributed by atoms with Crippen LogP contribution in [0.25, 0.3) is 0 Å². The van der Waals surface area contributed by atoms with Gasteiger partial charge in [-0.25, -0.2) is 9.69 Å². The van der Waals surface area contributed by atoms with Crippen LogP contribution in [-0.2, 0) is 19.1 Å². The summed E-state index contributed by atoms with van der Waals surface area (Å²) in [7, 11) is 0. The van der Waals surface area contributed by atoms with Crippen LogP contribution in [0.5, 0.6) is 0 Å². The summed E-state index contributed by atoms with van der Waals surface area (Å²) in [6, 6.07) is -0.333. The third-order valence-electron chi connectivity index (χ3n) is 4.25. The first kappa shape index (κ1) is 21.5. The van der Waals surface area contributed by atoms with E-state index in [1.54, 1.807) is 20.8 Å². The lowest BCUT2D eigenvalue weighted by Crippen LogP contribution is -2.47. The normalized spacial score (nSPS) is 19.1. The molecule has 1 rings (SSSR count). The fourth-order valence-electron chi connectivity index (χ4n) is 2.84. The van der Waals surface area contributed by atoms with Crippen molar-refractivity contribution in [2.24, 2.45) is 11.8 Å². The van der Waals surface area contributed by atoms with Crippen LogP contribution in [0.3, 0.4) is 0 Å². The Morgan fingerprint density at radius 2 is 1.88 bits per heavy atom. The Labute approximate surface area is 151 Å². The Morgan fingerprint density at radius 1 is 1.24 bits per heavy atom. The first-order chi connectivity index (χ1) is 11.6. The summed E-state index contributed by atoms with van der Waals surface area (Å²) in [6.45, 7) is 11.4. The summed E-state index contributed by atoms with van der Waals surface area (Å²) < 4.78 is 10.5. The largest absolute Gasteiger partial charge is 0.459 e. The summed E-state index contributed by atoms with van der Waals surface area (Å²) in [5.74, 6) is -1.94. The summed E-state index contributed by atoms with van der Waals surface area (Å²) in [5.41, 5.74) is -0.679. The summed E-state index contributed by atoms with van der Waals surface area (Å²) in [6.07, 6.45) is 3.54. The third kappa shape index (κ3) is 6.33. The van der Waals surface area contributed by atoms with Gasteiger partial charge in [-0.15, -0.1) is 0 Å². The Balaban J connectivity index is 2.93. The van der Waals surface area contributed by atoms with E-state index >= 15 is 0 Å². The van der Waals surface area contributed by atoms with Crippen LogP contribution in [0, 0.1) is 11.8 Å². The molecule has 0 unspecified atom stereocenters. The van der Waals surface area contributed by atoms with Gasteiger partial charge in [0.2, 0.25) is 5.91 Å². The number of ether oxygens (including phenoxy) is 2. The number of cyclic esters (lactones) is 1. The number of esters is 1. The van der Waals surface area contributed by atoms with Crippen LogP contribution >= 0.6 is 0 Å². The van der Waals surface area contributed by atoms with Gasteiger partial charge in [-0.2, -0.15) is 0 Å². The van der Waals surface area contributed by atoms with E-state index in [2.05, 4.69) is 6.92 Å². The van der Waals surface area contributed by atoms with E-state index in [1.165, 1.54) is 0 Å². The number of imide groups is 1. The maximum atomic E-state index is 13.0. The highest BCUT2D eigenvalue weighted by molar-refractivity contribution is 6.04. The topological polar surface area (TPSA) is 72.9 Å². The first-order valence-electron chi connectivity index (χ1n) is 9.31. The maximum Gasteiger partial charge on any atom is 0.417 e. The molecule has 0 aromatic rings. The molecule has 0 aliphatic carbocycles. The lowest BCUT2D eigenvalue weighted by molar-refractivity contribution is -0.164. The number of carbonyl (C=O) groups excluding carboxylic acids is 3. The second kappa shape index (κ2) is 9.20. The van der Waals surface area contributed by atoms with Crippen molar-refractivity contribution in [1.82, 2.24) is 4.90 Å². The molecule has 1 saturated heterocycles. The number of amides is 2.